The standard InChI is InChI=1S/C20H18OS/c1-16-11-13-18(14-12-16)22-20-10-6-5-9-19(20)21-15-17-7-3-2-4-8-17/h2-14H,15H2,1H3. The summed E-state index contributed by atoms with van der Waals surface area (Å²) in [6.45, 7) is 2.69. The molecule has 0 heterocycles. The number of rotatable bonds is 5. The van der Waals surface area contributed by atoms with Gasteiger partial charge in [-0.05, 0) is 36.8 Å². The van der Waals surface area contributed by atoms with Gasteiger partial charge in [0.1, 0.15) is 12.4 Å². The van der Waals surface area contributed by atoms with Crippen molar-refractivity contribution in [3.63, 3.8) is 0 Å². The Morgan fingerprint density at radius 1 is 0.773 bits per heavy atom. The minimum absolute atomic E-state index is 0.590. The van der Waals surface area contributed by atoms with Crippen molar-refractivity contribution < 1.29 is 4.74 Å². The van der Waals surface area contributed by atoms with E-state index in [1.807, 2.05) is 36.4 Å². The van der Waals surface area contributed by atoms with Gasteiger partial charge < -0.3 is 4.74 Å². The maximum atomic E-state index is 6.00. The van der Waals surface area contributed by atoms with Crippen molar-refractivity contribution in [1.82, 2.24) is 0 Å². The lowest BCUT2D eigenvalue weighted by Crippen LogP contribution is -1.96. The van der Waals surface area contributed by atoms with Crippen LogP contribution in [0, 0.1) is 6.92 Å². The van der Waals surface area contributed by atoms with Gasteiger partial charge in [0.15, 0.2) is 0 Å². The van der Waals surface area contributed by atoms with Gasteiger partial charge in [0.2, 0.25) is 0 Å². The Labute approximate surface area is 136 Å². The van der Waals surface area contributed by atoms with Crippen LogP contribution in [0.2, 0.25) is 0 Å². The Bertz CT molecular complexity index is 720. The number of hydrogen-bond acceptors (Lipinski definition) is 2. The second-order valence-electron chi connectivity index (χ2n) is 5.14. The zero-order valence-electron chi connectivity index (χ0n) is 12.5. The summed E-state index contributed by atoms with van der Waals surface area (Å²) in [5.74, 6) is 0.928. The lowest BCUT2D eigenvalue weighted by molar-refractivity contribution is 0.299. The fraction of sp³-hybridized carbons (Fsp3) is 0.100. The van der Waals surface area contributed by atoms with Crippen LogP contribution in [0.15, 0.2) is 88.7 Å². The molecule has 0 aliphatic heterocycles. The SMILES string of the molecule is Cc1ccc(Sc2ccccc2OCc2ccccc2)cc1. The fourth-order valence-electron chi connectivity index (χ4n) is 2.12. The zero-order chi connectivity index (χ0) is 15.2. The highest BCUT2D eigenvalue weighted by Gasteiger charge is 2.05. The van der Waals surface area contributed by atoms with Crippen molar-refractivity contribution in [3.8, 4) is 5.75 Å². The molecule has 0 saturated heterocycles. The van der Waals surface area contributed by atoms with Crippen LogP contribution in [0.3, 0.4) is 0 Å². The number of ether oxygens (including phenoxy) is 1. The maximum absolute atomic E-state index is 6.00. The molecule has 0 amide bonds. The van der Waals surface area contributed by atoms with Crippen molar-refractivity contribution in [2.75, 3.05) is 0 Å². The number of benzene rings is 3. The van der Waals surface area contributed by atoms with Gasteiger partial charge >= 0.3 is 0 Å². The molecule has 2 heteroatoms. The predicted molar refractivity (Wildman–Crippen MR) is 92.5 cm³/mol. The summed E-state index contributed by atoms with van der Waals surface area (Å²) in [5.41, 5.74) is 2.45. The molecule has 0 unspecified atom stereocenters. The van der Waals surface area contributed by atoms with Gasteiger partial charge in [0, 0.05) is 4.90 Å². The first-order chi connectivity index (χ1) is 10.8. The van der Waals surface area contributed by atoms with Gasteiger partial charge in [-0.3, -0.25) is 0 Å². The number of hydrogen-bond donors (Lipinski definition) is 0. The molecular weight excluding hydrogens is 288 g/mol. The van der Waals surface area contributed by atoms with Gasteiger partial charge in [-0.2, -0.15) is 0 Å². The summed E-state index contributed by atoms with van der Waals surface area (Å²) in [5, 5.41) is 0. The molecule has 0 saturated carbocycles. The Morgan fingerprint density at radius 2 is 1.45 bits per heavy atom. The highest BCUT2D eigenvalue weighted by Crippen LogP contribution is 2.35. The predicted octanol–water partition coefficient (Wildman–Crippen LogP) is 5.73. The lowest BCUT2D eigenvalue weighted by atomic mass is 10.2. The monoisotopic (exact) mass is 306 g/mol. The first-order valence-corrected chi connectivity index (χ1v) is 8.13. The summed E-state index contributed by atoms with van der Waals surface area (Å²) in [7, 11) is 0. The molecule has 22 heavy (non-hydrogen) atoms. The third-order valence-corrected chi connectivity index (χ3v) is 4.40. The Kier molecular flexibility index (Phi) is 4.81. The highest BCUT2D eigenvalue weighted by atomic mass is 32.2. The largest absolute Gasteiger partial charge is 0.488 e. The highest BCUT2D eigenvalue weighted by molar-refractivity contribution is 7.99. The minimum Gasteiger partial charge on any atom is -0.488 e. The zero-order valence-corrected chi connectivity index (χ0v) is 13.3. The number of para-hydroxylation sites is 1. The van der Waals surface area contributed by atoms with E-state index in [9.17, 15) is 0 Å². The van der Waals surface area contributed by atoms with Gasteiger partial charge in [0.05, 0.1) is 4.90 Å². The molecule has 1 nitrogen and oxygen atoms in total. The van der Waals surface area contributed by atoms with Crippen molar-refractivity contribution in [2.45, 2.75) is 23.3 Å². The van der Waals surface area contributed by atoms with Crippen LogP contribution in [0.1, 0.15) is 11.1 Å². The van der Waals surface area contributed by atoms with Crippen molar-refractivity contribution >= 4 is 11.8 Å². The van der Waals surface area contributed by atoms with Crippen molar-refractivity contribution in [1.29, 1.82) is 0 Å². The molecule has 3 aromatic carbocycles. The van der Waals surface area contributed by atoms with Crippen LogP contribution in [0.5, 0.6) is 5.75 Å². The molecule has 0 aromatic heterocycles. The molecular formula is C20H18OS. The van der Waals surface area contributed by atoms with Crippen LogP contribution in [0.25, 0.3) is 0 Å². The van der Waals surface area contributed by atoms with E-state index in [0.29, 0.717) is 6.61 Å². The second kappa shape index (κ2) is 7.19. The van der Waals surface area contributed by atoms with Gasteiger partial charge in [-0.15, -0.1) is 0 Å². The molecule has 3 aromatic rings. The third-order valence-electron chi connectivity index (χ3n) is 3.34. The van der Waals surface area contributed by atoms with E-state index in [-0.39, 0.29) is 0 Å². The summed E-state index contributed by atoms with van der Waals surface area (Å²) in [6, 6.07) is 27.0. The van der Waals surface area contributed by atoms with E-state index in [2.05, 4.69) is 49.4 Å². The summed E-state index contributed by atoms with van der Waals surface area (Å²) in [4.78, 5) is 2.36. The Balaban J connectivity index is 1.73. The molecule has 0 bridgehead atoms. The van der Waals surface area contributed by atoms with E-state index in [1.165, 1.54) is 16.0 Å². The average Bonchev–Trinajstić information content (AvgIpc) is 2.57. The van der Waals surface area contributed by atoms with E-state index >= 15 is 0 Å². The molecule has 110 valence electrons. The van der Waals surface area contributed by atoms with Gasteiger partial charge in [-0.25, -0.2) is 0 Å². The molecule has 0 spiro atoms. The molecule has 0 N–H and O–H groups in total. The molecule has 0 atom stereocenters. The molecule has 0 aliphatic rings. The smallest absolute Gasteiger partial charge is 0.133 e. The maximum Gasteiger partial charge on any atom is 0.133 e. The molecule has 3 rings (SSSR count). The quantitative estimate of drug-likeness (QED) is 0.595. The normalized spacial score (nSPS) is 10.4. The van der Waals surface area contributed by atoms with Crippen LogP contribution in [0.4, 0.5) is 0 Å². The van der Waals surface area contributed by atoms with Crippen LogP contribution < -0.4 is 4.74 Å². The van der Waals surface area contributed by atoms with Gasteiger partial charge in [0.25, 0.3) is 0 Å². The topological polar surface area (TPSA) is 9.23 Å². The summed E-state index contributed by atoms with van der Waals surface area (Å²) >= 11 is 1.73. The first kappa shape index (κ1) is 14.7. The minimum atomic E-state index is 0.590. The van der Waals surface area contributed by atoms with Crippen molar-refractivity contribution in [3.05, 3.63) is 90.0 Å². The average molecular weight is 306 g/mol. The second-order valence-corrected chi connectivity index (χ2v) is 6.25. The van der Waals surface area contributed by atoms with Gasteiger partial charge in [-0.1, -0.05) is 71.9 Å². The Morgan fingerprint density at radius 3 is 2.23 bits per heavy atom. The Hall–Kier alpha value is -2.19. The van der Waals surface area contributed by atoms with Crippen molar-refractivity contribution in [2.24, 2.45) is 0 Å². The molecule has 0 fully saturated rings. The van der Waals surface area contributed by atoms with E-state index in [4.69, 9.17) is 4.74 Å². The first-order valence-electron chi connectivity index (χ1n) is 7.31. The molecule has 0 radical (unpaired) electrons. The van der Waals surface area contributed by atoms with Crippen LogP contribution in [-0.2, 0) is 6.61 Å². The molecule has 0 aliphatic carbocycles. The number of aryl methyl sites for hydroxylation is 1. The fourth-order valence-corrected chi connectivity index (χ4v) is 3.02. The summed E-state index contributed by atoms with van der Waals surface area (Å²) < 4.78 is 6.00. The van der Waals surface area contributed by atoms with E-state index in [1.54, 1.807) is 11.8 Å². The summed E-state index contributed by atoms with van der Waals surface area (Å²) in [6.07, 6.45) is 0. The third kappa shape index (κ3) is 3.92. The lowest BCUT2D eigenvalue weighted by Gasteiger charge is -2.11. The van der Waals surface area contributed by atoms with E-state index in [0.717, 1.165) is 10.6 Å². The van der Waals surface area contributed by atoms with Crippen LogP contribution in [-0.4, -0.2) is 0 Å². The van der Waals surface area contributed by atoms with Crippen LogP contribution >= 0.6 is 11.8 Å². The van der Waals surface area contributed by atoms with E-state index < -0.39 is 0 Å².